The van der Waals surface area contributed by atoms with E-state index in [4.69, 9.17) is 4.74 Å². The average Bonchev–Trinajstić information content (AvgIpc) is 2.60. The highest BCUT2D eigenvalue weighted by molar-refractivity contribution is 5.28. The van der Waals surface area contributed by atoms with Crippen LogP contribution in [0.1, 0.15) is 31.2 Å². The quantitative estimate of drug-likeness (QED) is 0.876. The van der Waals surface area contributed by atoms with Gasteiger partial charge in [0.05, 0.1) is 13.2 Å². The zero-order valence-corrected chi connectivity index (χ0v) is 14.2. The maximum absolute atomic E-state index is 12.3. The largest absolute Gasteiger partial charge is 0.573 e. The van der Waals surface area contributed by atoms with E-state index in [2.05, 4.69) is 15.0 Å². The number of halogens is 3. The van der Waals surface area contributed by atoms with Crippen LogP contribution in [0.15, 0.2) is 24.3 Å². The van der Waals surface area contributed by atoms with Gasteiger partial charge in [0, 0.05) is 31.7 Å². The Morgan fingerprint density at radius 2 is 1.84 bits per heavy atom. The Bertz CT molecular complexity index is 539. The number of alkyl halides is 3. The molecular weight excluding hydrogens is 333 g/mol. The zero-order valence-electron chi connectivity index (χ0n) is 14.2. The molecule has 140 valence electrons. The minimum absolute atomic E-state index is 0.164. The van der Waals surface area contributed by atoms with Crippen LogP contribution < -0.4 is 10.1 Å². The summed E-state index contributed by atoms with van der Waals surface area (Å²) in [4.78, 5) is 2.53. The Labute approximate surface area is 146 Å². The molecular formula is C18H25F3N2O2. The van der Waals surface area contributed by atoms with Gasteiger partial charge in [-0.25, -0.2) is 0 Å². The Morgan fingerprint density at radius 1 is 1.12 bits per heavy atom. The topological polar surface area (TPSA) is 33.7 Å². The maximum Gasteiger partial charge on any atom is 0.573 e. The van der Waals surface area contributed by atoms with E-state index in [-0.39, 0.29) is 5.75 Å². The van der Waals surface area contributed by atoms with Crippen LogP contribution in [0.5, 0.6) is 5.75 Å². The highest BCUT2D eigenvalue weighted by Crippen LogP contribution is 2.25. The normalized spacial score (nSPS) is 25.7. The van der Waals surface area contributed by atoms with Gasteiger partial charge in [-0.15, -0.1) is 13.2 Å². The standard InChI is InChI=1S/C18H25F3N2O2/c19-18(20,21)25-17-3-1-2-14(12-17)13-22-15-4-6-16(7-5-15)23-8-10-24-11-9-23/h1-3,12,15-16,22H,4-11,13H2. The molecule has 1 aromatic rings. The van der Waals surface area contributed by atoms with Crippen LogP contribution in [-0.4, -0.2) is 49.6 Å². The molecule has 2 fully saturated rings. The van der Waals surface area contributed by atoms with Crippen molar-refractivity contribution in [1.82, 2.24) is 10.2 Å². The molecule has 4 nitrogen and oxygen atoms in total. The summed E-state index contributed by atoms with van der Waals surface area (Å²) in [6, 6.07) is 7.24. The summed E-state index contributed by atoms with van der Waals surface area (Å²) in [7, 11) is 0. The lowest BCUT2D eigenvalue weighted by Crippen LogP contribution is -2.47. The summed E-state index contributed by atoms with van der Waals surface area (Å²) in [6.07, 6.45) is -0.130. The minimum atomic E-state index is -4.65. The second-order valence-electron chi connectivity index (χ2n) is 6.73. The van der Waals surface area contributed by atoms with Gasteiger partial charge in [-0.1, -0.05) is 12.1 Å². The summed E-state index contributed by atoms with van der Waals surface area (Å²) in [6.45, 7) is 4.26. The van der Waals surface area contributed by atoms with Crippen LogP contribution in [0.2, 0.25) is 0 Å². The van der Waals surface area contributed by atoms with Crippen LogP contribution in [0.3, 0.4) is 0 Å². The third kappa shape index (κ3) is 5.87. The minimum Gasteiger partial charge on any atom is -0.406 e. The van der Waals surface area contributed by atoms with Crippen molar-refractivity contribution in [1.29, 1.82) is 0 Å². The first-order valence-electron chi connectivity index (χ1n) is 8.89. The second kappa shape index (κ2) is 8.38. The van der Waals surface area contributed by atoms with Crippen molar-refractivity contribution in [2.24, 2.45) is 0 Å². The Kier molecular flexibility index (Phi) is 6.19. The molecule has 2 aliphatic rings. The van der Waals surface area contributed by atoms with Crippen LogP contribution in [0.4, 0.5) is 13.2 Å². The Balaban J connectivity index is 1.43. The number of hydrogen-bond acceptors (Lipinski definition) is 4. The lowest BCUT2D eigenvalue weighted by atomic mass is 9.90. The van der Waals surface area contributed by atoms with E-state index in [1.807, 2.05) is 6.07 Å². The van der Waals surface area contributed by atoms with Crippen LogP contribution >= 0.6 is 0 Å². The molecule has 0 radical (unpaired) electrons. The van der Waals surface area contributed by atoms with Crippen molar-refractivity contribution in [3.8, 4) is 5.75 Å². The van der Waals surface area contributed by atoms with Crippen molar-refractivity contribution >= 4 is 0 Å². The molecule has 1 aliphatic carbocycles. The number of hydrogen-bond donors (Lipinski definition) is 1. The van der Waals surface area contributed by atoms with Crippen LogP contribution in [0, 0.1) is 0 Å². The molecule has 0 unspecified atom stereocenters. The number of nitrogens with zero attached hydrogens (tertiary/aromatic N) is 1. The third-order valence-corrected chi connectivity index (χ3v) is 4.99. The first kappa shape index (κ1) is 18.5. The van der Waals surface area contributed by atoms with Gasteiger partial charge in [-0.3, -0.25) is 4.90 Å². The molecule has 7 heteroatoms. The number of morpholine rings is 1. The van der Waals surface area contributed by atoms with Crippen molar-refractivity contribution in [2.75, 3.05) is 26.3 Å². The molecule has 1 aromatic carbocycles. The molecule has 1 saturated carbocycles. The van der Waals surface area contributed by atoms with Crippen molar-refractivity contribution in [2.45, 2.75) is 50.7 Å². The van der Waals surface area contributed by atoms with Gasteiger partial charge in [0.2, 0.25) is 0 Å². The monoisotopic (exact) mass is 358 g/mol. The molecule has 0 spiro atoms. The molecule has 1 saturated heterocycles. The summed E-state index contributed by atoms with van der Waals surface area (Å²) < 4.78 is 46.2. The van der Waals surface area contributed by atoms with Crippen LogP contribution in [-0.2, 0) is 11.3 Å². The predicted octanol–water partition coefficient (Wildman–Crippen LogP) is 3.32. The molecule has 1 N–H and O–H groups in total. The van der Waals surface area contributed by atoms with Crippen molar-refractivity contribution in [3.63, 3.8) is 0 Å². The predicted molar refractivity (Wildman–Crippen MR) is 88.4 cm³/mol. The van der Waals surface area contributed by atoms with Gasteiger partial charge in [0.15, 0.2) is 0 Å². The molecule has 1 heterocycles. The number of nitrogens with one attached hydrogen (secondary N) is 1. The van der Waals surface area contributed by atoms with Crippen molar-refractivity contribution < 1.29 is 22.6 Å². The van der Waals surface area contributed by atoms with E-state index in [1.165, 1.54) is 12.1 Å². The first-order valence-corrected chi connectivity index (χ1v) is 8.89. The fraction of sp³-hybridized carbons (Fsp3) is 0.667. The number of ether oxygens (including phenoxy) is 2. The van der Waals surface area contributed by atoms with Crippen molar-refractivity contribution in [3.05, 3.63) is 29.8 Å². The number of rotatable bonds is 5. The summed E-state index contributed by atoms with van der Waals surface area (Å²) in [5.74, 6) is -0.164. The number of benzene rings is 1. The van der Waals surface area contributed by atoms with Crippen LogP contribution in [0.25, 0.3) is 0 Å². The second-order valence-corrected chi connectivity index (χ2v) is 6.73. The fourth-order valence-corrected chi connectivity index (χ4v) is 3.70. The molecule has 0 amide bonds. The van der Waals surface area contributed by atoms with E-state index >= 15 is 0 Å². The van der Waals surface area contributed by atoms with E-state index in [1.54, 1.807) is 6.07 Å². The van der Waals surface area contributed by atoms with Gasteiger partial charge in [-0.05, 0) is 43.4 Å². The maximum atomic E-state index is 12.3. The highest BCUT2D eigenvalue weighted by Gasteiger charge is 2.31. The Morgan fingerprint density at radius 3 is 2.52 bits per heavy atom. The highest BCUT2D eigenvalue weighted by atomic mass is 19.4. The van der Waals surface area contributed by atoms with E-state index in [0.29, 0.717) is 18.6 Å². The van der Waals surface area contributed by atoms with E-state index in [0.717, 1.165) is 57.6 Å². The average molecular weight is 358 g/mol. The zero-order chi connectivity index (χ0) is 17.7. The molecule has 1 aliphatic heterocycles. The van der Waals surface area contributed by atoms with E-state index in [9.17, 15) is 13.2 Å². The molecule has 25 heavy (non-hydrogen) atoms. The van der Waals surface area contributed by atoms with Gasteiger partial charge < -0.3 is 14.8 Å². The third-order valence-electron chi connectivity index (χ3n) is 4.99. The lowest BCUT2D eigenvalue weighted by molar-refractivity contribution is -0.274. The van der Waals surface area contributed by atoms with Gasteiger partial charge in [0.25, 0.3) is 0 Å². The molecule has 3 rings (SSSR count). The molecule has 0 bridgehead atoms. The SMILES string of the molecule is FC(F)(F)Oc1cccc(CNC2CCC(N3CCOCC3)CC2)c1. The smallest absolute Gasteiger partial charge is 0.406 e. The Hall–Kier alpha value is -1.31. The first-order chi connectivity index (χ1) is 12.0. The van der Waals surface area contributed by atoms with Gasteiger partial charge in [0.1, 0.15) is 5.75 Å². The summed E-state index contributed by atoms with van der Waals surface area (Å²) >= 11 is 0. The lowest BCUT2D eigenvalue weighted by Gasteiger charge is -2.39. The molecule has 0 atom stereocenters. The summed E-state index contributed by atoms with van der Waals surface area (Å²) in [5.41, 5.74) is 0.803. The fourth-order valence-electron chi connectivity index (χ4n) is 3.70. The van der Waals surface area contributed by atoms with E-state index < -0.39 is 6.36 Å². The summed E-state index contributed by atoms with van der Waals surface area (Å²) in [5, 5.41) is 3.47. The molecule has 0 aromatic heterocycles. The van der Waals surface area contributed by atoms with Gasteiger partial charge >= 0.3 is 6.36 Å². The van der Waals surface area contributed by atoms with Gasteiger partial charge in [-0.2, -0.15) is 0 Å².